The zero-order chi connectivity index (χ0) is 10.2. The Morgan fingerprint density at radius 2 is 2.29 bits per heavy atom. The van der Waals surface area contributed by atoms with Crippen LogP contribution in [0.5, 0.6) is 0 Å². The number of hydrogen-bond acceptors (Lipinski definition) is 3. The molecule has 0 spiro atoms. The highest BCUT2D eigenvalue weighted by Crippen LogP contribution is 2.42. The van der Waals surface area contributed by atoms with Gasteiger partial charge in [0.1, 0.15) is 5.76 Å². The van der Waals surface area contributed by atoms with E-state index in [-0.39, 0.29) is 11.2 Å². The predicted octanol–water partition coefficient (Wildman–Crippen LogP) is 1.90. The van der Waals surface area contributed by atoms with Gasteiger partial charge in [0.25, 0.3) is 0 Å². The summed E-state index contributed by atoms with van der Waals surface area (Å²) in [4.78, 5) is 12.0. The molecule has 14 heavy (non-hydrogen) atoms. The summed E-state index contributed by atoms with van der Waals surface area (Å²) in [5.41, 5.74) is 5.34. The second-order valence-corrected chi connectivity index (χ2v) is 4.08. The van der Waals surface area contributed by atoms with Crippen LogP contribution in [0, 0.1) is 12.3 Å². The van der Waals surface area contributed by atoms with Crippen molar-refractivity contribution >= 4 is 5.78 Å². The Bertz CT molecular complexity index is 344. The van der Waals surface area contributed by atoms with Crippen LogP contribution in [0.1, 0.15) is 35.6 Å². The molecule has 0 atom stereocenters. The number of ketones is 1. The molecular formula is C11H15NO2. The molecule has 1 aliphatic carbocycles. The number of rotatable bonds is 3. The van der Waals surface area contributed by atoms with E-state index in [1.54, 1.807) is 6.07 Å². The van der Waals surface area contributed by atoms with Gasteiger partial charge < -0.3 is 10.2 Å². The molecule has 1 fully saturated rings. The van der Waals surface area contributed by atoms with Gasteiger partial charge >= 0.3 is 0 Å². The molecule has 1 aliphatic rings. The van der Waals surface area contributed by atoms with Crippen LogP contribution in [0.4, 0.5) is 0 Å². The van der Waals surface area contributed by atoms with Crippen LogP contribution in [0.3, 0.4) is 0 Å². The maximum atomic E-state index is 12.0. The number of carbonyl (C=O) groups excluding carboxylic acids is 1. The van der Waals surface area contributed by atoms with E-state index in [1.165, 1.54) is 0 Å². The van der Waals surface area contributed by atoms with Crippen LogP contribution < -0.4 is 5.73 Å². The first-order valence-corrected chi connectivity index (χ1v) is 4.99. The average Bonchev–Trinajstić information content (AvgIpc) is 2.50. The van der Waals surface area contributed by atoms with Gasteiger partial charge in [-0.15, -0.1) is 0 Å². The van der Waals surface area contributed by atoms with Crippen molar-refractivity contribution in [3.63, 3.8) is 0 Å². The third kappa shape index (κ3) is 1.28. The fourth-order valence-corrected chi connectivity index (χ4v) is 1.95. The number of hydrogen-bond donors (Lipinski definition) is 1. The molecule has 0 bridgehead atoms. The van der Waals surface area contributed by atoms with Crippen LogP contribution in [-0.4, -0.2) is 12.3 Å². The molecule has 0 radical (unpaired) electrons. The number of nitrogens with two attached hydrogens (primary N) is 1. The lowest BCUT2D eigenvalue weighted by molar-refractivity contribution is 0.0603. The van der Waals surface area contributed by atoms with Crippen LogP contribution in [-0.2, 0) is 0 Å². The second kappa shape index (κ2) is 3.24. The summed E-state index contributed by atoms with van der Waals surface area (Å²) >= 11 is 0. The zero-order valence-electron chi connectivity index (χ0n) is 8.38. The van der Waals surface area contributed by atoms with Gasteiger partial charge in [0.05, 0.1) is 0 Å². The Morgan fingerprint density at radius 1 is 1.57 bits per heavy atom. The Morgan fingerprint density at radius 3 is 2.64 bits per heavy atom. The van der Waals surface area contributed by atoms with Crippen molar-refractivity contribution in [1.82, 2.24) is 0 Å². The zero-order valence-corrected chi connectivity index (χ0v) is 8.38. The molecule has 3 heteroatoms. The summed E-state index contributed by atoms with van der Waals surface area (Å²) in [7, 11) is 0. The lowest BCUT2D eigenvalue weighted by atomic mass is 9.65. The van der Waals surface area contributed by atoms with Gasteiger partial charge in [-0.2, -0.15) is 0 Å². The Kier molecular flexibility index (Phi) is 2.19. The van der Waals surface area contributed by atoms with Crippen molar-refractivity contribution in [1.29, 1.82) is 0 Å². The topological polar surface area (TPSA) is 56.2 Å². The highest BCUT2D eigenvalue weighted by Gasteiger charge is 2.44. The predicted molar refractivity (Wildman–Crippen MR) is 53.1 cm³/mol. The average molecular weight is 193 g/mol. The summed E-state index contributed by atoms with van der Waals surface area (Å²) in [6, 6.07) is 3.56. The number of aryl methyl sites for hydroxylation is 1. The summed E-state index contributed by atoms with van der Waals surface area (Å²) in [6.07, 6.45) is 2.91. The minimum atomic E-state index is -0.315. The van der Waals surface area contributed by atoms with E-state index in [0.29, 0.717) is 12.3 Å². The van der Waals surface area contributed by atoms with Crippen LogP contribution in [0.2, 0.25) is 0 Å². The molecule has 76 valence electrons. The largest absolute Gasteiger partial charge is 0.458 e. The van der Waals surface area contributed by atoms with Gasteiger partial charge in [0.15, 0.2) is 5.76 Å². The molecule has 1 saturated carbocycles. The third-order valence-corrected chi connectivity index (χ3v) is 3.15. The maximum absolute atomic E-state index is 12.0. The van der Waals surface area contributed by atoms with Gasteiger partial charge in [0.2, 0.25) is 5.78 Å². The van der Waals surface area contributed by atoms with E-state index < -0.39 is 0 Å². The van der Waals surface area contributed by atoms with Gasteiger partial charge in [0, 0.05) is 12.0 Å². The molecule has 2 rings (SSSR count). The monoisotopic (exact) mass is 193 g/mol. The number of Topliss-reactive ketones (excluding diaryl/α,β-unsaturated/α-hetero) is 1. The first kappa shape index (κ1) is 9.46. The summed E-state index contributed by atoms with van der Waals surface area (Å²) in [5, 5.41) is 0. The Hall–Kier alpha value is -1.09. The lowest BCUT2D eigenvalue weighted by Crippen LogP contribution is -2.44. The first-order chi connectivity index (χ1) is 6.68. The number of carbonyl (C=O) groups is 1. The van der Waals surface area contributed by atoms with Gasteiger partial charge in [-0.3, -0.25) is 4.79 Å². The molecule has 2 N–H and O–H groups in total. The van der Waals surface area contributed by atoms with Crippen molar-refractivity contribution in [2.45, 2.75) is 26.2 Å². The standard InChI is InChI=1S/C11H15NO2/c1-8-3-4-9(14-8)10(13)11(7-12)5-2-6-11/h3-4H,2,5-7,12H2,1H3. The lowest BCUT2D eigenvalue weighted by Gasteiger charge is -2.38. The number of furan rings is 1. The highest BCUT2D eigenvalue weighted by molar-refractivity contribution is 5.99. The minimum Gasteiger partial charge on any atom is -0.458 e. The smallest absolute Gasteiger partial charge is 0.205 e. The maximum Gasteiger partial charge on any atom is 0.205 e. The van der Waals surface area contributed by atoms with Crippen LogP contribution in [0.15, 0.2) is 16.5 Å². The van der Waals surface area contributed by atoms with E-state index in [4.69, 9.17) is 10.2 Å². The summed E-state index contributed by atoms with van der Waals surface area (Å²) < 4.78 is 5.32. The van der Waals surface area contributed by atoms with E-state index >= 15 is 0 Å². The minimum absolute atomic E-state index is 0.0827. The molecule has 1 aromatic rings. The molecule has 1 aromatic heterocycles. The molecule has 0 saturated heterocycles. The Labute approximate surface area is 83.3 Å². The third-order valence-electron chi connectivity index (χ3n) is 3.15. The fourth-order valence-electron chi connectivity index (χ4n) is 1.95. The molecular weight excluding hydrogens is 178 g/mol. The molecule has 1 heterocycles. The second-order valence-electron chi connectivity index (χ2n) is 4.08. The highest BCUT2D eigenvalue weighted by atomic mass is 16.3. The van der Waals surface area contributed by atoms with Crippen molar-refractivity contribution in [3.05, 3.63) is 23.7 Å². The fraction of sp³-hybridized carbons (Fsp3) is 0.545. The Balaban J connectivity index is 2.23. The van der Waals surface area contributed by atoms with Crippen molar-refractivity contribution in [2.24, 2.45) is 11.1 Å². The van der Waals surface area contributed by atoms with Gasteiger partial charge in [-0.25, -0.2) is 0 Å². The molecule has 0 unspecified atom stereocenters. The van der Waals surface area contributed by atoms with E-state index in [2.05, 4.69) is 0 Å². The quantitative estimate of drug-likeness (QED) is 0.746. The SMILES string of the molecule is Cc1ccc(C(=O)C2(CN)CCC2)o1. The van der Waals surface area contributed by atoms with Crippen molar-refractivity contribution in [3.8, 4) is 0 Å². The van der Waals surface area contributed by atoms with Crippen LogP contribution >= 0.6 is 0 Å². The van der Waals surface area contributed by atoms with Gasteiger partial charge in [-0.1, -0.05) is 6.42 Å². The van der Waals surface area contributed by atoms with E-state index in [0.717, 1.165) is 25.0 Å². The molecule has 0 aliphatic heterocycles. The summed E-state index contributed by atoms with van der Waals surface area (Å²) in [6.45, 7) is 2.28. The van der Waals surface area contributed by atoms with E-state index in [9.17, 15) is 4.79 Å². The molecule has 0 aromatic carbocycles. The van der Waals surface area contributed by atoms with Crippen LogP contribution in [0.25, 0.3) is 0 Å². The first-order valence-electron chi connectivity index (χ1n) is 4.99. The normalized spacial score (nSPS) is 19.0. The summed E-state index contributed by atoms with van der Waals surface area (Å²) in [5.74, 6) is 1.33. The van der Waals surface area contributed by atoms with E-state index in [1.807, 2.05) is 13.0 Å². The van der Waals surface area contributed by atoms with Crippen molar-refractivity contribution < 1.29 is 9.21 Å². The van der Waals surface area contributed by atoms with Gasteiger partial charge in [-0.05, 0) is 31.9 Å². The molecule has 0 amide bonds. The van der Waals surface area contributed by atoms with Crippen molar-refractivity contribution in [2.75, 3.05) is 6.54 Å². The molecule has 3 nitrogen and oxygen atoms in total.